The molecule has 1 aromatic carbocycles. The zero-order valence-corrected chi connectivity index (χ0v) is 17.3. The van der Waals surface area contributed by atoms with Gasteiger partial charge in [0.2, 0.25) is 5.91 Å². The van der Waals surface area contributed by atoms with Crippen LogP contribution in [-0.4, -0.2) is 61.6 Å². The van der Waals surface area contributed by atoms with Crippen LogP contribution >= 0.6 is 24.8 Å². The fourth-order valence-corrected chi connectivity index (χ4v) is 3.32. The van der Waals surface area contributed by atoms with Crippen LogP contribution in [0.3, 0.4) is 0 Å². The lowest BCUT2D eigenvalue weighted by Gasteiger charge is -2.39. The summed E-state index contributed by atoms with van der Waals surface area (Å²) in [6.07, 6.45) is 0.730. The minimum absolute atomic E-state index is 0. The van der Waals surface area contributed by atoms with E-state index in [0.29, 0.717) is 38.3 Å². The highest BCUT2D eigenvalue weighted by atomic mass is 35.5. The molecular weight excluding hydrogens is 399 g/mol. The monoisotopic (exact) mass is 427 g/mol. The molecule has 0 aliphatic carbocycles. The van der Waals surface area contributed by atoms with Crippen molar-refractivity contribution in [1.82, 2.24) is 9.80 Å². The van der Waals surface area contributed by atoms with Crippen molar-refractivity contribution in [3.8, 4) is 0 Å². The van der Waals surface area contributed by atoms with E-state index in [4.69, 9.17) is 10.5 Å². The van der Waals surface area contributed by atoms with Crippen molar-refractivity contribution in [3.05, 3.63) is 35.4 Å². The third-order valence-electron chi connectivity index (χ3n) is 4.81. The quantitative estimate of drug-likeness (QED) is 0.726. The molecule has 5 nitrogen and oxygen atoms in total. The summed E-state index contributed by atoms with van der Waals surface area (Å²) >= 11 is 0. The van der Waals surface area contributed by atoms with Gasteiger partial charge in [-0.2, -0.15) is 0 Å². The molecule has 1 aliphatic rings. The van der Waals surface area contributed by atoms with Crippen LogP contribution in [0.4, 0.5) is 8.78 Å². The van der Waals surface area contributed by atoms with E-state index in [-0.39, 0.29) is 49.3 Å². The molecule has 1 fully saturated rings. The van der Waals surface area contributed by atoms with E-state index in [0.717, 1.165) is 12.5 Å². The maximum atomic E-state index is 14.1. The molecule has 0 aromatic heterocycles. The van der Waals surface area contributed by atoms with Crippen LogP contribution < -0.4 is 5.73 Å². The molecule has 2 unspecified atom stereocenters. The molecule has 2 atom stereocenters. The van der Waals surface area contributed by atoms with Gasteiger partial charge in [0.1, 0.15) is 11.6 Å². The smallest absolute Gasteiger partial charge is 0.225 e. The topological polar surface area (TPSA) is 58.8 Å². The van der Waals surface area contributed by atoms with E-state index < -0.39 is 11.6 Å². The second-order valence-electron chi connectivity index (χ2n) is 6.30. The van der Waals surface area contributed by atoms with Crippen molar-refractivity contribution in [1.29, 1.82) is 0 Å². The Kier molecular flexibility index (Phi) is 12.0. The van der Waals surface area contributed by atoms with Crippen LogP contribution in [0.2, 0.25) is 0 Å². The highest BCUT2D eigenvalue weighted by molar-refractivity contribution is 5.85. The van der Waals surface area contributed by atoms with Gasteiger partial charge >= 0.3 is 0 Å². The lowest BCUT2D eigenvalue weighted by atomic mass is 10.0. The number of hydrogen-bond donors (Lipinski definition) is 1. The second-order valence-corrected chi connectivity index (χ2v) is 6.30. The van der Waals surface area contributed by atoms with Gasteiger partial charge in [-0.15, -0.1) is 24.8 Å². The van der Waals surface area contributed by atoms with Crippen molar-refractivity contribution >= 4 is 30.7 Å². The zero-order valence-electron chi connectivity index (χ0n) is 15.7. The summed E-state index contributed by atoms with van der Waals surface area (Å²) in [6.45, 7) is 4.76. The Hall–Kier alpha value is -0.990. The lowest BCUT2D eigenvalue weighted by Crippen LogP contribution is -2.50. The van der Waals surface area contributed by atoms with E-state index in [1.165, 1.54) is 12.1 Å². The lowest BCUT2D eigenvalue weighted by molar-refractivity contribution is -0.135. The van der Waals surface area contributed by atoms with E-state index in [2.05, 4.69) is 4.90 Å². The number of amides is 1. The van der Waals surface area contributed by atoms with Crippen molar-refractivity contribution in [2.24, 2.45) is 5.73 Å². The van der Waals surface area contributed by atoms with Gasteiger partial charge in [-0.3, -0.25) is 9.69 Å². The van der Waals surface area contributed by atoms with Crippen LogP contribution in [0.1, 0.15) is 31.4 Å². The normalized spacial score (nSPS) is 16.9. The number of rotatable bonds is 7. The number of nitrogens with zero attached hydrogens (tertiary/aromatic N) is 2. The highest BCUT2D eigenvalue weighted by Crippen LogP contribution is 2.28. The first-order valence-electron chi connectivity index (χ1n) is 8.69. The number of methoxy groups -OCH3 is 1. The Morgan fingerprint density at radius 2 is 1.85 bits per heavy atom. The summed E-state index contributed by atoms with van der Waals surface area (Å²) < 4.78 is 32.4. The predicted octanol–water partition coefficient (Wildman–Crippen LogP) is 2.77. The molecule has 1 heterocycles. The standard InChI is InChI=1S/C18H27F2N3O2.2ClH/c1-3-17(15-5-4-13(19)10-16(15)20)22-6-8-23(9-7-22)18(24)11-14(12-21)25-2;;/h4-5,10,14,17H,3,6-9,11-12,21H2,1-2H3;2*1H. The molecule has 2 N–H and O–H groups in total. The highest BCUT2D eigenvalue weighted by Gasteiger charge is 2.28. The average Bonchev–Trinajstić information content (AvgIpc) is 2.62. The Morgan fingerprint density at radius 3 is 2.33 bits per heavy atom. The van der Waals surface area contributed by atoms with Gasteiger partial charge in [0.15, 0.2) is 0 Å². The third-order valence-corrected chi connectivity index (χ3v) is 4.81. The summed E-state index contributed by atoms with van der Waals surface area (Å²) in [5.74, 6) is -1.06. The molecule has 2 rings (SSSR count). The van der Waals surface area contributed by atoms with E-state index >= 15 is 0 Å². The summed E-state index contributed by atoms with van der Waals surface area (Å²) in [4.78, 5) is 16.3. The molecular formula is C18H29Cl2F2N3O2. The first kappa shape index (κ1) is 26.0. The van der Waals surface area contributed by atoms with Crippen LogP contribution in [0, 0.1) is 11.6 Å². The second kappa shape index (κ2) is 12.5. The molecule has 156 valence electrons. The maximum Gasteiger partial charge on any atom is 0.225 e. The fraction of sp³-hybridized carbons (Fsp3) is 0.611. The first-order valence-corrected chi connectivity index (χ1v) is 8.69. The largest absolute Gasteiger partial charge is 0.380 e. The van der Waals surface area contributed by atoms with Gasteiger partial charge in [-0.25, -0.2) is 8.78 Å². The summed E-state index contributed by atoms with van der Waals surface area (Å²) in [5.41, 5.74) is 6.07. The fourth-order valence-electron chi connectivity index (χ4n) is 3.32. The van der Waals surface area contributed by atoms with Gasteiger partial charge in [-0.05, 0) is 12.5 Å². The molecule has 9 heteroatoms. The van der Waals surface area contributed by atoms with E-state index in [1.54, 1.807) is 12.0 Å². The van der Waals surface area contributed by atoms with Crippen molar-refractivity contribution < 1.29 is 18.3 Å². The number of ether oxygens (including phenoxy) is 1. The summed E-state index contributed by atoms with van der Waals surface area (Å²) in [6, 6.07) is 3.61. The van der Waals surface area contributed by atoms with E-state index in [1.807, 2.05) is 6.92 Å². The third kappa shape index (κ3) is 6.84. The van der Waals surface area contributed by atoms with Gasteiger partial charge in [-0.1, -0.05) is 13.0 Å². The Morgan fingerprint density at radius 1 is 1.22 bits per heavy atom. The molecule has 0 radical (unpaired) electrons. The first-order chi connectivity index (χ1) is 12.0. The van der Waals surface area contributed by atoms with E-state index in [9.17, 15) is 13.6 Å². The number of carbonyl (C=O) groups is 1. The molecule has 1 saturated heterocycles. The molecule has 1 aromatic rings. The molecule has 0 saturated carbocycles. The Labute approximate surface area is 172 Å². The van der Waals surface area contributed by atoms with Crippen LogP contribution in [0.5, 0.6) is 0 Å². The molecule has 1 amide bonds. The number of halogens is 4. The number of nitrogens with two attached hydrogens (primary N) is 1. The molecule has 27 heavy (non-hydrogen) atoms. The average molecular weight is 428 g/mol. The SMILES string of the molecule is CCC(c1ccc(F)cc1F)N1CCN(C(=O)CC(CN)OC)CC1.Cl.Cl. The van der Waals surface area contributed by atoms with Gasteiger partial charge < -0.3 is 15.4 Å². The molecule has 0 spiro atoms. The Balaban J connectivity index is 0.00000338. The molecule has 1 aliphatic heterocycles. The van der Waals surface area contributed by atoms with Gasteiger partial charge in [0.05, 0.1) is 12.5 Å². The number of benzene rings is 1. The predicted molar refractivity (Wildman–Crippen MR) is 107 cm³/mol. The maximum absolute atomic E-state index is 14.1. The van der Waals surface area contributed by atoms with Crippen LogP contribution in [0.25, 0.3) is 0 Å². The number of carbonyl (C=O) groups excluding carboxylic acids is 1. The van der Waals surface area contributed by atoms with Crippen molar-refractivity contribution in [2.75, 3.05) is 39.8 Å². The van der Waals surface area contributed by atoms with Crippen LogP contribution in [0.15, 0.2) is 18.2 Å². The minimum Gasteiger partial charge on any atom is -0.380 e. The van der Waals surface area contributed by atoms with Gasteiger partial charge in [0, 0.05) is 57.5 Å². The van der Waals surface area contributed by atoms with Gasteiger partial charge in [0.25, 0.3) is 0 Å². The summed E-state index contributed by atoms with van der Waals surface area (Å²) in [5, 5.41) is 0. The molecule has 0 bridgehead atoms. The Bertz CT molecular complexity index is 584. The van der Waals surface area contributed by atoms with Crippen molar-refractivity contribution in [3.63, 3.8) is 0 Å². The van der Waals surface area contributed by atoms with Crippen molar-refractivity contribution in [2.45, 2.75) is 31.9 Å². The number of piperazine rings is 1. The number of hydrogen-bond acceptors (Lipinski definition) is 4. The summed E-state index contributed by atoms with van der Waals surface area (Å²) in [7, 11) is 1.55. The van der Waals surface area contributed by atoms with Crippen LogP contribution in [-0.2, 0) is 9.53 Å². The zero-order chi connectivity index (χ0) is 18.4. The minimum atomic E-state index is -0.570.